The van der Waals surface area contributed by atoms with Gasteiger partial charge in [0.25, 0.3) is 0 Å². The van der Waals surface area contributed by atoms with E-state index in [0.29, 0.717) is 0 Å². The van der Waals surface area contributed by atoms with Crippen molar-refractivity contribution >= 4 is 0 Å². The molecule has 0 unspecified atom stereocenters. The minimum atomic E-state index is -0.454. The van der Waals surface area contributed by atoms with Crippen LogP contribution < -0.4 is 0 Å². The molecule has 0 bridgehead atoms. The Kier molecular flexibility index (Phi) is 4.88. The number of rotatable bonds is 6. The maximum absolute atomic E-state index is 4.71. The Bertz CT molecular complexity index is 876. The molecule has 1 heterocycles. The van der Waals surface area contributed by atoms with Crippen LogP contribution in [0.25, 0.3) is 0 Å². The third kappa shape index (κ3) is 2.97. The molecule has 0 aliphatic rings. The summed E-state index contributed by atoms with van der Waals surface area (Å²) in [5.41, 5.74) is 3.25. The van der Waals surface area contributed by atoms with Gasteiger partial charge in [0.05, 0.1) is 0 Å². The maximum atomic E-state index is 4.71. The minimum absolute atomic E-state index is 0.454. The minimum Gasteiger partial charge on any atom is -0.316 e. The summed E-state index contributed by atoms with van der Waals surface area (Å²) in [5.74, 6) is 1.11. The van der Waals surface area contributed by atoms with Crippen molar-refractivity contribution in [1.82, 2.24) is 9.55 Å². The molecule has 0 N–H and O–H groups in total. The second-order valence-corrected chi connectivity index (χ2v) is 6.77. The summed E-state index contributed by atoms with van der Waals surface area (Å²) in [6.45, 7) is 2.20. The molecule has 27 heavy (non-hydrogen) atoms. The molecule has 4 rings (SSSR count). The van der Waals surface area contributed by atoms with Crippen LogP contribution in [0.3, 0.4) is 0 Å². The van der Waals surface area contributed by atoms with E-state index in [0.717, 1.165) is 18.7 Å². The Hall–Kier alpha value is -3.13. The van der Waals surface area contributed by atoms with Gasteiger partial charge in [-0.15, -0.1) is 0 Å². The van der Waals surface area contributed by atoms with Gasteiger partial charge >= 0.3 is 0 Å². The molecule has 0 amide bonds. The Balaban J connectivity index is 2.12. The van der Waals surface area contributed by atoms with Gasteiger partial charge in [-0.1, -0.05) is 97.9 Å². The lowest BCUT2D eigenvalue weighted by molar-refractivity contribution is 0.490. The average molecular weight is 352 g/mol. The molecular formula is C25H24N2. The lowest BCUT2D eigenvalue weighted by Gasteiger charge is -2.38. The fraction of sp³-hybridized carbons (Fsp3) is 0.160. The predicted octanol–water partition coefficient (Wildman–Crippen LogP) is 5.68. The highest BCUT2D eigenvalue weighted by Gasteiger charge is 2.39. The summed E-state index contributed by atoms with van der Waals surface area (Å²) in [6.07, 6.45) is 6.05. The standard InChI is InChI=1S/C25H24N2/c1-2-12-24-26-19-20-27(24)25(21-13-6-3-7-14-21,22-15-8-4-9-16-22)23-17-10-5-11-18-23/h3-11,13-20H,2,12H2,1H3. The zero-order valence-electron chi connectivity index (χ0n) is 15.6. The van der Waals surface area contributed by atoms with Crippen LogP contribution in [0, 0.1) is 0 Å². The van der Waals surface area contributed by atoms with Crippen molar-refractivity contribution in [1.29, 1.82) is 0 Å². The first kappa shape index (κ1) is 17.3. The number of imidazole rings is 1. The lowest BCUT2D eigenvalue weighted by atomic mass is 9.76. The van der Waals surface area contributed by atoms with Crippen molar-refractivity contribution in [3.05, 3.63) is 126 Å². The van der Waals surface area contributed by atoms with Crippen LogP contribution in [0.2, 0.25) is 0 Å². The van der Waals surface area contributed by atoms with Crippen LogP contribution in [0.1, 0.15) is 35.9 Å². The van der Waals surface area contributed by atoms with E-state index in [1.165, 1.54) is 16.7 Å². The summed E-state index contributed by atoms with van der Waals surface area (Å²) in [6, 6.07) is 32.2. The quantitative estimate of drug-likeness (QED) is 0.408. The first-order valence-corrected chi connectivity index (χ1v) is 9.56. The van der Waals surface area contributed by atoms with Crippen molar-refractivity contribution in [2.75, 3.05) is 0 Å². The van der Waals surface area contributed by atoms with Crippen molar-refractivity contribution in [2.24, 2.45) is 0 Å². The molecule has 0 radical (unpaired) electrons. The number of benzene rings is 3. The highest BCUT2D eigenvalue weighted by Crippen LogP contribution is 2.41. The van der Waals surface area contributed by atoms with E-state index in [9.17, 15) is 0 Å². The summed E-state index contributed by atoms with van der Waals surface area (Å²) in [4.78, 5) is 4.71. The van der Waals surface area contributed by atoms with Gasteiger partial charge in [-0.05, 0) is 23.1 Å². The third-order valence-corrected chi connectivity index (χ3v) is 5.13. The monoisotopic (exact) mass is 352 g/mol. The smallest absolute Gasteiger partial charge is 0.121 e. The van der Waals surface area contributed by atoms with E-state index in [1.807, 2.05) is 6.20 Å². The normalized spacial score (nSPS) is 11.4. The van der Waals surface area contributed by atoms with Crippen LogP contribution in [0.15, 0.2) is 103 Å². The zero-order chi connectivity index (χ0) is 18.5. The summed E-state index contributed by atoms with van der Waals surface area (Å²) in [5, 5.41) is 0. The lowest BCUT2D eigenvalue weighted by Crippen LogP contribution is -2.38. The van der Waals surface area contributed by atoms with Gasteiger partial charge in [-0.2, -0.15) is 0 Å². The number of hydrogen-bond donors (Lipinski definition) is 0. The molecule has 3 aromatic carbocycles. The van der Waals surface area contributed by atoms with E-state index in [1.54, 1.807) is 0 Å². The van der Waals surface area contributed by atoms with E-state index in [-0.39, 0.29) is 0 Å². The van der Waals surface area contributed by atoms with Crippen molar-refractivity contribution < 1.29 is 0 Å². The fourth-order valence-electron chi connectivity index (χ4n) is 4.00. The molecule has 0 aliphatic carbocycles. The van der Waals surface area contributed by atoms with Gasteiger partial charge in [0.2, 0.25) is 0 Å². The molecule has 4 aromatic rings. The van der Waals surface area contributed by atoms with Gasteiger partial charge in [0.15, 0.2) is 0 Å². The van der Waals surface area contributed by atoms with Gasteiger partial charge < -0.3 is 4.57 Å². The Morgan fingerprint density at radius 1 is 0.704 bits per heavy atom. The molecule has 2 heteroatoms. The first-order valence-electron chi connectivity index (χ1n) is 9.56. The van der Waals surface area contributed by atoms with Crippen molar-refractivity contribution in [2.45, 2.75) is 25.3 Å². The third-order valence-electron chi connectivity index (χ3n) is 5.13. The number of hydrogen-bond acceptors (Lipinski definition) is 1. The summed E-state index contributed by atoms with van der Waals surface area (Å²) < 4.78 is 2.36. The molecule has 0 fully saturated rings. The number of aromatic nitrogens is 2. The zero-order valence-corrected chi connectivity index (χ0v) is 15.6. The van der Waals surface area contributed by atoms with Gasteiger partial charge in [-0.3, -0.25) is 0 Å². The van der Waals surface area contributed by atoms with Crippen LogP contribution in [-0.2, 0) is 12.0 Å². The Morgan fingerprint density at radius 2 is 1.15 bits per heavy atom. The predicted molar refractivity (Wildman–Crippen MR) is 111 cm³/mol. The fourth-order valence-corrected chi connectivity index (χ4v) is 4.00. The van der Waals surface area contributed by atoms with Crippen molar-refractivity contribution in [3.8, 4) is 0 Å². The molecule has 134 valence electrons. The van der Waals surface area contributed by atoms with Crippen LogP contribution in [-0.4, -0.2) is 9.55 Å². The highest BCUT2D eigenvalue weighted by atomic mass is 15.1. The largest absolute Gasteiger partial charge is 0.316 e. The molecule has 0 atom stereocenters. The van der Waals surface area contributed by atoms with Crippen LogP contribution in [0.5, 0.6) is 0 Å². The molecule has 2 nitrogen and oxygen atoms in total. The molecule has 0 aliphatic heterocycles. The van der Waals surface area contributed by atoms with Crippen LogP contribution in [0.4, 0.5) is 0 Å². The van der Waals surface area contributed by atoms with E-state index in [2.05, 4.69) is 109 Å². The maximum Gasteiger partial charge on any atom is 0.121 e. The summed E-state index contributed by atoms with van der Waals surface area (Å²) in [7, 11) is 0. The summed E-state index contributed by atoms with van der Waals surface area (Å²) >= 11 is 0. The molecule has 0 saturated carbocycles. The highest BCUT2D eigenvalue weighted by molar-refractivity contribution is 5.51. The molecular weight excluding hydrogens is 328 g/mol. The average Bonchev–Trinajstić information content (AvgIpc) is 3.20. The van der Waals surface area contributed by atoms with Crippen molar-refractivity contribution in [3.63, 3.8) is 0 Å². The van der Waals surface area contributed by atoms with E-state index < -0.39 is 5.54 Å². The van der Waals surface area contributed by atoms with E-state index in [4.69, 9.17) is 4.98 Å². The molecule has 0 spiro atoms. The van der Waals surface area contributed by atoms with Gasteiger partial charge in [0.1, 0.15) is 11.4 Å². The topological polar surface area (TPSA) is 17.8 Å². The van der Waals surface area contributed by atoms with Crippen LogP contribution >= 0.6 is 0 Å². The number of aryl methyl sites for hydroxylation is 1. The molecule has 0 saturated heterocycles. The first-order chi connectivity index (χ1) is 13.4. The SMILES string of the molecule is CCCc1nccn1C(c1ccccc1)(c1ccccc1)c1ccccc1. The second kappa shape index (κ2) is 7.63. The van der Waals surface area contributed by atoms with E-state index >= 15 is 0 Å². The molecule has 1 aromatic heterocycles. The Labute approximate surface area is 161 Å². The number of nitrogens with zero attached hydrogens (tertiary/aromatic N) is 2. The second-order valence-electron chi connectivity index (χ2n) is 6.77. The van der Waals surface area contributed by atoms with Gasteiger partial charge in [-0.25, -0.2) is 4.98 Å². The Morgan fingerprint density at radius 3 is 1.56 bits per heavy atom. The van der Waals surface area contributed by atoms with Gasteiger partial charge in [0, 0.05) is 18.8 Å².